The highest BCUT2D eigenvalue weighted by Gasteiger charge is 2.16. The molecular weight excluding hydrogens is 426 g/mol. The van der Waals surface area contributed by atoms with E-state index in [1.165, 1.54) is 18.2 Å². The van der Waals surface area contributed by atoms with Crippen LogP contribution in [0.5, 0.6) is 17.2 Å². The third-order valence-electron chi connectivity index (χ3n) is 4.03. The zero-order valence-corrected chi connectivity index (χ0v) is 16.1. The van der Waals surface area contributed by atoms with Crippen LogP contribution in [0.2, 0.25) is 0 Å². The van der Waals surface area contributed by atoms with Crippen molar-refractivity contribution in [2.24, 2.45) is 0 Å². The Morgan fingerprint density at radius 2 is 1.86 bits per heavy atom. The lowest BCUT2D eigenvalue weighted by Gasteiger charge is -2.13. The van der Waals surface area contributed by atoms with E-state index in [0.717, 1.165) is 15.6 Å². The molecule has 0 amide bonds. The molecule has 0 spiro atoms. The average molecular weight is 440 g/mol. The van der Waals surface area contributed by atoms with E-state index in [-0.39, 0.29) is 18.0 Å². The Balaban J connectivity index is 1.69. The van der Waals surface area contributed by atoms with Gasteiger partial charge in [-0.25, -0.2) is 4.52 Å². The van der Waals surface area contributed by atoms with E-state index in [1.807, 2.05) is 42.6 Å². The Morgan fingerprint density at radius 1 is 1.04 bits per heavy atom. The predicted octanol–water partition coefficient (Wildman–Crippen LogP) is 5.38. The summed E-state index contributed by atoms with van der Waals surface area (Å²) in [5.41, 5.74) is 1.63. The van der Waals surface area contributed by atoms with Crippen LogP contribution in [0.15, 0.2) is 77.5 Å². The first-order valence-electron chi connectivity index (χ1n) is 8.36. The van der Waals surface area contributed by atoms with Crippen LogP contribution in [0.3, 0.4) is 0 Å². The molecule has 0 radical (unpaired) electrons. The number of hydrogen-bond acceptors (Lipinski definition) is 5. The summed E-state index contributed by atoms with van der Waals surface area (Å²) in [6.07, 6.45) is 3.47. The molecule has 0 bridgehead atoms. The van der Waals surface area contributed by atoms with E-state index in [0.29, 0.717) is 11.5 Å². The van der Waals surface area contributed by atoms with Gasteiger partial charge >= 0.3 is 0 Å². The van der Waals surface area contributed by atoms with Gasteiger partial charge in [-0.2, -0.15) is 5.10 Å². The number of non-ortho nitro benzene ring substituents is 1. The largest absolute Gasteiger partial charge is 0.485 e. The SMILES string of the molecule is O=[N+]([O-])c1ccc(Oc2cc(Br)cn3nccc23)c(OCc2ccccc2)c1. The highest BCUT2D eigenvalue weighted by molar-refractivity contribution is 9.10. The van der Waals surface area contributed by atoms with Crippen LogP contribution in [0, 0.1) is 10.1 Å². The maximum atomic E-state index is 11.2. The maximum Gasteiger partial charge on any atom is 0.273 e. The van der Waals surface area contributed by atoms with Crippen LogP contribution in [0.4, 0.5) is 5.69 Å². The molecule has 0 aliphatic heterocycles. The molecular formula is C20H14BrN3O4. The number of aromatic nitrogens is 2. The van der Waals surface area contributed by atoms with Crippen molar-refractivity contribution in [2.75, 3.05) is 0 Å². The molecule has 8 heteroatoms. The summed E-state index contributed by atoms with van der Waals surface area (Å²) < 4.78 is 14.4. The van der Waals surface area contributed by atoms with E-state index >= 15 is 0 Å². The Kier molecular flexibility index (Phi) is 4.94. The van der Waals surface area contributed by atoms with E-state index in [4.69, 9.17) is 9.47 Å². The van der Waals surface area contributed by atoms with Gasteiger partial charge in [-0.3, -0.25) is 10.1 Å². The van der Waals surface area contributed by atoms with Crippen molar-refractivity contribution in [1.82, 2.24) is 9.61 Å². The second kappa shape index (κ2) is 7.69. The quantitative estimate of drug-likeness (QED) is 0.297. The Labute approximate surface area is 168 Å². The second-order valence-electron chi connectivity index (χ2n) is 5.95. The number of hydrogen-bond donors (Lipinski definition) is 0. The standard InChI is InChI=1S/C20H14BrN3O4/c21-15-10-19(17-8-9-22-23(17)12-15)28-18-7-6-16(24(25)26)11-20(18)27-13-14-4-2-1-3-5-14/h1-12H,13H2. The van der Waals surface area contributed by atoms with Crippen molar-refractivity contribution in [3.63, 3.8) is 0 Å². The Morgan fingerprint density at radius 3 is 2.64 bits per heavy atom. The third-order valence-corrected chi connectivity index (χ3v) is 4.47. The first kappa shape index (κ1) is 18.0. The van der Waals surface area contributed by atoms with Crippen molar-refractivity contribution >= 4 is 27.1 Å². The van der Waals surface area contributed by atoms with Gasteiger partial charge in [-0.05, 0) is 39.7 Å². The van der Waals surface area contributed by atoms with Crippen LogP contribution in [0.1, 0.15) is 5.56 Å². The van der Waals surface area contributed by atoms with Gasteiger partial charge in [-0.1, -0.05) is 30.3 Å². The number of nitrogens with zero attached hydrogens (tertiary/aromatic N) is 3. The van der Waals surface area contributed by atoms with Crippen molar-refractivity contribution < 1.29 is 14.4 Å². The van der Waals surface area contributed by atoms with Crippen LogP contribution >= 0.6 is 15.9 Å². The number of rotatable bonds is 6. The fourth-order valence-electron chi connectivity index (χ4n) is 2.71. The van der Waals surface area contributed by atoms with Gasteiger partial charge in [0.05, 0.1) is 17.2 Å². The lowest BCUT2D eigenvalue weighted by molar-refractivity contribution is -0.385. The van der Waals surface area contributed by atoms with Gasteiger partial charge in [0.2, 0.25) is 0 Å². The first-order valence-corrected chi connectivity index (χ1v) is 9.15. The number of nitro benzene ring substituents is 1. The molecule has 7 nitrogen and oxygen atoms in total. The summed E-state index contributed by atoms with van der Waals surface area (Å²) in [4.78, 5) is 10.7. The third kappa shape index (κ3) is 3.81. The van der Waals surface area contributed by atoms with E-state index in [2.05, 4.69) is 21.0 Å². The molecule has 2 heterocycles. The average Bonchev–Trinajstić information content (AvgIpc) is 3.16. The monoisotopic (exact) mass is 439 g/mol. The zero-order valence-electron chi connectivity index (χ0n) is 14.5. The summed E-state index contributed by atoms with van der Waals surface area (Å²) in [6, 6.07) is 17.5. The van der Waals surface area contributed by atoms with Crippen LogP contribution in [-0.2, 0) is 6.61 Å². The number of pyridine rings is 1. The van der Waals surface area contributed by atoms with Crippen molar-refractivity contribution in [2.45, 2.75) is 6.61 Å². The molecule has 28 heavy (non-hydrogen) atoms. The summed E-state index contributed by atoms with van der Waals surface area (Å²) in [6.45, 7) is 0.263. The number of benzene rings is 2. The summed E-state index contributed by atoms with van der Waals surface area (Å²) in [7, 11) is 0. The molecule has 0 atom stereocenters. The topological polar surface area (TPSA) is 78.9 Å². The fourth-order valence-corrected chi connectivity index (χ4v) is 3.11. The minimum Gasteiger partial charge on any atom is -0.485 e. The first-order chi connectivity index (χ1) is 13.6. The summed E-state index contributed by atoms with van der Waals surface area (Å²) in [5, 5.41) is 15.4. The van der Waals surface area contributed by atoms with Crippen molar-refractivity contribution in [3.05, 3.63) is 93.2 Å². The molecule has 0 fully saturated rings. The molecule has 0 N–H and O–H groups in total. The van der Waals surface area contributed by atoms with Crippen molar-refractivity contribution in [3.8, 4) is 17.2 Å². The Bertz CT molecular complexity index is 1140. The smallest absolute Gasteiger partial charge is 0.273 e. The van der Waals surface area contributed by atoms with Gasteiger partial charge in [0.1, 0.15) is 12.1 Å². The minimum atomic E-state index is -0.465. The Hall–Kier alpha value is -3.39. The van der Waals surface area contributed by atoms with Gasteiger partial charge in [-0.15, -0.1) is 0 Å². The molecule has 0 aliphatic rings. The van der Waals surface area contributed by atoms with E-state index < -0.39 is 4.92 Å². The lowest BCUT2D eigenvalue weighted by Crippen LogP contribution is -1.99. The molecule has 140 valence electrons. The molecule has 4 rings (SSSR count). The van der Waals surface area contributed by atoms with E-state index in [9.17, 15) is 10.1 Å². The molecule has 2 aromatic heterocycles. The summed E-state index contributed by atoms with van der Waals surface area (Å²) >= 11 is 3.43. The normalized spacial score (nSPS) is 10.8. The molecule has 0 aliphatic carbocycles. The van der Waals surface area contributed by atoms with Gasteiger partial charge in [0, 0.05) is 16.7 Å². The highest BCUT2D eigenvalue weighted by Crippen LogP contribution is 2.37. The molecule has 0 saturated carbocycles. The maximum absolute atomic E-state index is 11.2. The van der Waals surface area contributed by atoms with Crippen LogP contribution in [0.25, 0.3) is 5.52 Å². The number of nitro groups is 1. The second-order valence-corrected chi connectivity index (χ2v) is 6.86. The molecule has 4 aromatic rings. The number of ether oxygens (including phenoxy) is 2. The molecule has 0 unspecified atom stereocenters. The molecule has 0 saturated heterocycles. The van der Waals surface area contributed by atoms with Gasteiger partial charge < -0.3 is 9.47 Å². The fraction of sp³-hybridized carbons (Fsp3) is 0.0500. The van der Waals surface area contributed by atoms with Crippen LogP contribution < -0.4 is 9.47 Å². The molecule has 2 aromatic carbocycles. The van der Waals surface area contributed by atoms with Gasteiger partial charge in [0.25, 0.3) is 5.69 Å². The van der Waals surface area contributed by atoms with Crippen LogP contribution in [-0.4, -0.2) is 14.5 Å². The highest BCUT2D eigenvalue weighted by atomic mass is 79.9. The number of fused-ring (bicyclic) bond motifs is 1. The summed E-state index contributed by atoms with van der Waals surface area (Å²) in [5.74, 6) is 1.21. The van der Waals surface area contributed by atoms with Gasteiger partial charge in [0.15, 0.2) is 17.2 Å². The zero-order chi connectivity index (χ0) is 19.5. The van der Waals surface area contributed by atoms with E-state index in [1.54, 1.807) is 16.8 Å². The lowest BCUT2D eigenvalue weighted by atomic mass is 10.2. The number of halogens is 1. The van der Waals surface area contributed by atoms with Crippen molar-refractivity contribution in [1.29, 1.82) is 0 Å². The minimum absolute atomic E-state index is 0.0702. The predicted molar refractivity (Wildman–Crippen MR) is 107 cm³/mol.